The van der Waals surface area contributed by atoms with E-state index in [1.807, 2.05) is 24.3 Å². The standard InChI is InChI=1S/C16H20N4O/c1-20-10-6-7-11(20)9-12(8-10)21-16-14-5-3-2-4-13(14)15(17)18-19-16/h2-5,10-12H,6-9H2,1H3,(H2,17,18). The molecule has 0 amide bonds. The zero-order valence-electron chi connectivity index (χ0n) is 12.2. The normalized spacial score (nSPS) is 28.9. The molecule has 2 aromatic rings. The first-order chi connectivity index (χ1) is 10.2. The van der Waals surface area contributed by atoms with Crippen molar-refractivity contribution in [2.45, 2.75) is 43.9 Å². The number of nitrogens with two attached hydrogens (primary N) is 1. The van der Waals surface area contributed by atoms with E-state index in [2.05, 4.69) is 22.1 Å². The zero-order valence-corrected chi connectivity index (χ0v) is 12.2. The molecule has 0 saturated carbocycles. The molecule has 2 aliphatic rings. The van der Waals surface area contributed by atoms with Gasteiger partial charge in [-0.3, -0.25) is 0 Å². The molecule has 2 N–H and O–H groups in total. The van der Waals surface area contributed by atoms with Gasteiger partial charge in [-0.05, 0) is 38.8 Å². The number of nitrogen functional groups attached to an aromatic ring is 1. The largest absolute Gasteiger partial charge is 0.473 e. The molecule has 0 aliphatic carbocycles. The monoisotopic (exact) mass is 284 g/mol. The van der Waals surface area contributed by atoms with Gasteiger partial charge in [-0.1, -0.05) is 18.2 Å². The van der Waals surface area contributed by atoms with Gasteiger partial charge in [0.25, 0.3) is 0 Å². The lowest BCUT2D eigenvalue weighted by Gasteiger charge is -2.36. The van der Waals surface area contributed by atoms with Crippen molar-refractivity contribution in [1.29, 1.82) is 0 Å². The zero-order chi connectivity index (χ0) is 14.4. The molecular formula is C16H20N4O. The Morgan fingerprint density at radius 1 is 1.10 bits per heavy atom. The SMILES string of the molecule is CN1C2CCC1CC(Oc1nnc(N)c3ccccc13)C2. The number of benzene rings is 1. The first-order valence-electron chi connectivity index (χ1n) is 7.62. The smallest absolute Gasteiger partial charge is 0.241 e. The van der Waals surface area contributed by atoms with Gasteiger partial charge in [-0.25, -0.2) is 0 Å². The van der Waals surface area contributed by atoms with Crippen LogP contribution in [0.5, 0.6) is 5.88 Å². The summed E-state index contributed by atoms with van der Waals surface area (Å²) in [7, 11) is 2.23. The van der Waals surface area contributed by atoms with Crippen LogP contribution < -0.4 is 10.5 Å². The molecule has 0 spiro atoms. The average molecular weight is 284 g/mol. The topological polar surface area (TPSA) is 64.3 Å². The van der Waals surface area contributed by atoms with E-state index in [0.717, 1.165) is 23.6 Å². The fourth-order valence-corrected chi connectivity index (χ4v) is 3.80. The second-order valence-electron chi connectivity index (χ2n) is 6.20. The van der Waals surface area contributed by atoms with Crippen molar-refractivity contribution in [2.75, 3.05) is 12.8 Å². The van der Waals surface area contributed by atoms with Crippen LogP contribution in [0.15, 0.2) is 24.3 Å². The molecule has 1 aromatic carbocycles. The van der Waals surface area contributed by atoms with Gasteiger partial charge in [0.05, 0.1) is 0 Å². The Balaban J connectivity index is 1.62. The lowest BCUT2D eigenvalue weighted by molar-refractivity contribution is 0.0637. The first kappa shape index (κ1) is 12.8. The highest BCUT2D eigenvalue weighted by molar-refractivity contribution is 5.93. The van der Waals surface area contributed by atoms with E-state index in [1.54, 1.807) is 0 Å². The summed E-state index contributed by atoms with van der Waals surface area (Å²) in [6, 6.07) is 9.21. The molecule has 4 rings (SSSR count). The number of anilines is 1. The number of nitrogens with zero attached hydrogens (tertiary/aromatic N) is 3. The van der Waals surface area contributed by atoms with Gasteiger partial charge in [-0.15, -0.1) is 10.2 Å². The second kappa shape index (κ2) is 4.84. The Hall–Kier alpha value is -1.88. The number of hydrogen-bond donors (Lipinski definition) is 1. The average Bonchev–Trinajstić information content (AvgIpc) is 2.73. The quantitative estimate of drug-likeness (QED) is 0.916. The maximum atomic E-state index is 6.20. The molecule has 2 saturated heterocycles. The number of fused-ring (bicyclic) bond motifs is 3. The molecule has 5 heteroatoms. The van der Waals surface area contributed by atoms with Crippen molar-refractivity contribution in [1.82, 2.24) is 15.1 Å². The van der Waals surface area contributed by atoms with Gasteiger partial charge in [0.15, 0.2) is 5.82 Å². The Kier molecular flexibility index (Phi) is 2.96. The van der Waals surface area contributed by atoms with E-state index in [-0.39, 0.29) is 6.10 Å². The van der Waals surface area contributed by atoms with Gasteiger partial charge in [0.2, 0.25) is 5.88 Å². The molecule has 2 bridgehead atoms. The Labute approximate surface area is 124 Å². The molecular weight excluding hydrogens is 264 g/mol. The van der Waals surface area contributed by atoms with Crippen LogP contribution in [0.3, 0.4) is 0 Å². The van der Waals surface area contributed by atoms with Crippen molar-refractivity contribution in [3.8, 4) is 5.88 Å². The van der Waals surface area contributed by atoms with Gasteiger partial charge in [0.1, 0.15) is 6.10 Å². The molecule has 2 unspecified atom stereocenters. The van der Waals surface area contributed by atoms with E-state index in [4.69, 9.17) is 10.5 Å². The summed E-state index contributed by atoms with van der Waals surface area (Å²) in [5.74, 6) is 1.08. The minimum absolute atomic E-state index is 0.236. The highest BCUT2D eigenvalue weighted by Crippen LogP contribution is 2.36. The molecule has 5 nitrogen and oxygen atoms in total. The summed E-state index contributed by atoms with van der Waals surface area (Å²) in [4.78, 5) is 2.51. The number of rotatable bonds is 2. The summed E-state index contributed by atoms with van der Waals surface area (Å²) in [5.41, 5.74) is 5.89. The molecule has 2 fully saturated rings. The van der Waals surface area contributed by atoms with E-state index < -0.39 is 0 Å². The summed E-state index contributed by atoms with van der Waals surface area (Å²) in [6.07, 6.45) is 4.96. The summed E-state index contributed by atoms with van der Waals surface area (Å²) >= 11 is 0. The minimum atomic E-state index is 0.236. The second-order valence-corrected chi connectivity index (χ2v) is 6.20. The highest BCUT2D eigenvalue weighted by Gasteiger charge is 2.39. The number of piperidine rings is 1. The molecule has 21 heavy (non-hydrogen) atoms. The summed E-state index contributed by atoms with van der Waals surface area (Å²) in [6.45, 7) is 0. The van der Waals surface area contributed by atoms with E-state index in [1.165, 1.54) is 12.8 Å². The fraction of sp³-hybridized carbons (Fsp3) is 0.500. The highest BCUT2D eigenvalue weighted by atomic mass is 16.5. The maximum absolute atomic E-state index is 6.20. The van der Waals surface area contributed by atoms with Gasteiger partial charge < -0.3 is 15.4 Å². The van der Waals surface area contributed by atoms with Gasteiger partial charge >= 0.3 is 0 Å². The van der Waals surface area contributed by atoms with Gasteiger partial charge in [0, 0.05) is 22.9 Å². The van der Waals surface area contributed by atoms with Crippen molar-refractivity contribution in [2.24, 2.45) is 0 Å². The van der Waals surface area contributed by atoms with Crippen LogP contribution >= 0.6 is 0 Å². The van der Waals surface area contributed by atoms with Crippen LogP contribution in [0.1, 0.15) is 25.7 Å². The van der Waals surface area contributed by atoms with E-state index >= 15 is 0 Å². The molecule has 3 heterocycles. The third-order valence-electron chi connectivity index (χ3n) is 5.02. The predicted molar refractivity (Wildman–Crippen MR) is 82.2 cm³/mol. The Morgan fingerprint density at radius 2 is 1.76 bits per heavy atom. The van der Waals surface area contributed by atoms with Gasteiger partial charge in [-0.2, -0.15) is 0 Å². The molecule has 2 atom stereocenters. The third-order valence-corrected chi connectivity index (χ3v) is 5.02. The van der Waals surface area contributed by atoms with Crippen LogP contribution in [-0.4, -0.2) is 40.3 Å². The summed E-state index contributed by atoms with van der Waals surface area (Å²) < 4.78 is 6.20. The van der Waals surface area contributed by atoms with Crippen molar-refractivity contribution in [3.63, 3.8) is 0 Å². The molecule has 1 aromatic heterocycles. The summed E-state index contributed by atoms with van der Waals surface area (Å²) in [5, 5.41) is 10.1. The van der Waals surface area contributed by atoms with Crippen LogP contribution in [0.2, 0.25) is 0 Å². The predicted octanol–water partition coefficient (Wildman–Crippen LogP) is 2.22. The minimum Gasteiger partial charge on any atom is -0.473 e. The van der Waals surface area contributed by atoms with Crippen LogP contribution in [0.25, 0.3) is 10.8 Å². The Morgan fingerprint density at radius 3 is 2.48 bits per heavy atom. The molecule has 110 valence electrons. The molecule has 0 radical (unpaired) electrons. The van der Waals surface area contributed by atoms with Crippen molar-refractivity contribution < 1.29 is 4.74 Å². The van der Waals surface area contributed by atoms with Crippen LogP contribution in [0, 0.1) is 0 Å². The van der Waals surface area contributed by atoms with E-state index in [9.17, 15) is 0 Å². The fourth-order valence-electron chi connectivity index (χ4n) is 3.80. The lowest BCUT2D eigenvalue weighted by Crippen LogP contribution is -2.43. The number of hydrogen-bond acceptors (Lipinski definition) is 5. The lowest BCUT2D eigenvalue weighted by atomic mass is 10.0. The third kappa shape index (κ3) is 2.12. The first-order valence-corrected chi connectivity index (χ1v) is 7.62. The number of ether oxygens (including phenoxy) is 1. The Bertz CT molecular complexity index is 660. The maximum Gasteiger partial charge on any atom is 0.241 e. The van der Waals surface area contributed by atoms with E-state index in [0.29, 0.717) is 23.8 Å². The van der Waals surface area contributed by atoms with Crippen molar-refractivity contribution in [3.05, 3.63) is 24.3 Å². The molecule has 2 aliphatic heterocycles. The van der Waals surface area contributed by atoms with Crippen LogP contribution in [-0.2, 0) is 0 Å². The number of aromatic nitrogens is 2. The van der Waals surface area contributed by atoms with Crippen molar-refractivity contribution >= 4 is 16.6 Å². The van der Waals surface area contributed by atoms with Crippen LogP contribution in [0.4, 0.5) is 5.82 Å².